The zero-order valence-corrected chi connectivity index (χ0v) is 23.2. The summed E-state index contributed by atoms with van der Waals surface area (Å²) in [5.41, 5.74) is 8.51. The van der Waals surface area contributed by atoms with Crippen molar-refractivity contribution in [3.05, 3.63) is 119 Å². The van der Waals surface area contributed by atoms with E-state index < -0.39 is 10.1 Å². The van der Waals surface area contributed by atoms with Crippen molar-refractivity contribution < 1.29 is 17.5 Å². The van der Waals surface area contributed by atoms with Crippen LogP contribution in [0.15, 0.2) is 108 Å². The van der Waals surface area contributed by atoms with Crippen LogP contribution in [0.5, 0.6) is 0 Å². The van der Waals surface area contributed by atoms with E-state index in [0.717, 1.165) is 44.9 Å². The molecule has 0 radical (unpaired) electrons. The normalized spacial score (nSPS) is 13.0. The predicted octanol–water partition coefficient (Wildman–Crippen LogP) is 4.93. The van der Waals surface area contributed by atoms with Gasteiger partial charge in [0.2, 0.25) is 0 Å². The Hall–Kier alpha value is -3.94. The minimum absolute atomic E-state index is 0.210. The van der Waals surface area contributed by atoms with Crippen LogP contribution in [0, 0.1) is 0 Å². The molecule has 0 aliphatic heterocycles. The van der Waals surface area contributed by atoms with Gasteiger partial charge in [-0.2, -0.15) is 0 Å². The van der Waals surface area contributed by atoms with E-state index in [-0.39, 0.29) is 4.90 Å². The summed E-state index contributed by atoms with van der Waals surface area (Å²) < 4.78 is 36.3. The summed E-state index contributed by atoms with van der Waals surface area (Å²) in [6, 6.07) is 23.1. The van der Waals surface area contributed by atoms with Crippen LogP contribution in [0.4, 0.5) is 11.4 Å². The summed E-state index contributed by atoms with van der Waals surface area (Å²) in [5.74, 6) is 0. The molecular weight excluding hydrogens is 494 g/mol. The van der Waals surface area contributed by atoms with Gasteiger partial charge in [0.1, 0.15) is 24.2 Å². The number of allylic oxidation sites excluding steroid dienone is 5. The zero-order chi connectivity index (χ0) is 27.4. The minimum Gasteiger partial charge on any atom is -0.744 e. The van der Waals surface area contributed by atoms with E-state index in [4.69, 9.17) is 0 Å². The van der Waals surface area contributed by atoms with E-state index in [1.807, 2.05) is 46.2 Å². The summed E-state index contributed by atoms with van der Waals surface area (Å²) in [4.78, 5) is 3.90. The van der Waals surface area contributed by atoms with E-state index >= 15 is 0 Å². The summed E-state index contributed by atoms with van der Waals surface area (Å²) in [5, 5.41) is 0. The number of hydrogen-bond acceptors (Lipinski definition) is 5. The van der Waals surface area contributed by atoms with Gasteiger partial charge in [0, 0.05) is 51.2 Å². The molecule has 0 N–H and O–H groups in total. The van der Waals surface area contributed by atoms with Crippen LogP contribution < -0.4 is 9.80 Å². The summed E-state index contributed by atoms with van der Waals surface area (Å²) in [6.07, 6.45) is 8.56. The first-order chi connectivity index (χ1) is 18.0. The standard InChI is InChI=1S/C31H33N3O3S/c1-32(2)27-15-9-24(10-16-27)31(25-11-17-28(18-12-25)33(3)4)26-13-19-29(20-14-26)34(5)22-23-7-6-8-30(21-23)38(35,36)37/h6-21H,22H2,1-5H3. The molecule has 0 atom stereocenters. The molecule has 0 unspecified atom stereocenters. The van der Waals surface area contributed by atoms with Crippen LogP contribution in [0.1, 0.15) is 16.7 Å². The Bertz CT molecular complexity index is 1520. The molecule has 4 rings (SSSR count). The van der Waals surface area contributed by atoms with Gasteiger partial charge in [-0.15, -0.1) is 0 Å². The monoisotopic (exact) mass is 527 g/mol. The smallest absolute Gasteiger partial charge is 0.199 e. The molecule has 38 heavy (non-hydrogen) atoms. The fourth-order valence-corrected chi connectivity index (χ4v) is 4.94. The lowest BCUT2D eigenvalue weighted by Gasteiger charge is -2.21. The number of rotatable bonds is 7. The van der Waals surface area contributed by atoms with Gasteiger partial charge in [-0.1, -0.05) is 36.4 Å². The van der Waals surface area contributed by atoms with Crippen LogP contribution >= 0.6 is 0 Å². The highest BCUT2D eigenvalue weighted by Gasteiger charge is 2.14. The summed E-state index contributed by atoms with van der Waals surface area (Å²) in [7, 11) is 5.59. The van der Waals surface area contributed by atoms with Crippen molar-refractivity contribution in [3.8, 4) is 0 Å². The molecule has 1 aliphatic rings. The molecule has 3 aromatic rings. The molecule has 0 amide bonds. The van der Waals surface area contributed by atoms with Crippen LogP contribution in [0.2, 0.25) is 0 Å². The Morgan fingerprint density at radius 3 is 1.84 bits per heavy atom. The zero-order valence-electron chi connectivity index (χ0n) is 22.4. The first-order valence-electron chi connectivity index (χ1n) is 12.3. The maximum atomic E-state index is 11.4. The van der Waals surface area contributed by atoms with Crippen LogP contribution in [-0.4, -0.2) is 58.5 Å². The topological polar surface area (TPSA) is 66.7 Å². The highest BCUT2D eigenvalue weighted by atomic mass is 32.2. The van der Waals surface area contributed by atoms with Gasteiger partial charge in [-0.25, -0.2) is 13.0 Å². The van der Waals surface area contributed by atoms with Crippen molar-refractivity contribution in [3.63, 3.8) is 0 Å². The van der Waals surface area contributed by atoms with E-state index in [1.165, 1.54) is 12.1 Å². The van der Waals surface area contributed by atoms with Crippen molar-refractivity contribution >= 4 is 32.8 Å². The molecule has 0 bridgehead atoms. The predicted molar refractivity (Wildman–Crippen MR) is 155 cm³/mol. The fourth-order valence-electron chi connectivity index (χ4n) is 4.40. The SMILES string of the molecule is CN(C)c1ccc(C(=C2C=CC(=[N+](C)C)C=C2)c2ccc(N(C)Cc3cccc(S(=O)(=O)[O-])c3)cc2)cc1. The molecule has 0 heterocycles. The van der Waals surface area contributed by atoms with E-state index in [2.05, 4.69) is 82.3 Å². The molecule has 0 fully saturated rings. The molecule has 0 spiro atoms. The van der Waals surface area contributed by atoms with Gasteiger partial charge in [0.05, 0.1) is 4.90 Å². The first-order valence-corrected chi connectivity index (χ1v) is 13.7. The molecule has 6 nitrogen and oxygen atoms in total. The van der Waals surface area contributed by atoms with Gasteiger partial charge in [-0.3, -0.25) is 0 Å². The largest absolute Gasteiger partial charge is 0.744 e. The van der Waals surface area contributed by atoms with E-state index in [0.29, 0.717) is 6.54 Å². The Morgan fingerprint density at radius 2 is 1.34 bits per heavy atom. The third-order valence-electron chi connectivity index (χ3n) is 6.55. The maximum Gasteiger partial charge on any atom is 0.199 e. The molecule has 1 aliphatic carbocycles. The van der Waals surface area contributed by atoms with Crippen molar-refractivity contribution in [2.45, 2.75) is 11.4 Å². The van der Waals surface area contributed by atoms with Crippen LogP contribution in [-0.2, 0) is 16.7 Å². The van der Waals surface area contributed by atoms with Crippen LogP contribution in [0.3, 0.4) is 0 Å². The lowest BCUT2D eigenvalue weighted by atomic mass is 9.90. The lowest BCUT2D eigenvalue weighted by molar-refractivity contribution is -0.462. The number of anilines is 2. The fraction of sp³-hybridized carbons (Fsp3) is 0.194. The minimum atomic E-state index is -4.49. The Kier molecular flexibility index (Phi) is 7.99. The molecule has 0 saturated carbocycles. The molecular formula is C31H33N3O3S. The second kappa shape index (κ2) is 11.2. The van der Waals surface area contributed by atoms with Crippen molar-refractivity contribution in [2.24, 2.45) is 0 Å². The van der Waals surface area contributed by atoms with Crippen molar-refractivity contribution in [1.82, 2.24) is 0 Å². The molecule has 0 aromatic heterocycles. The van der Waals surface area contributed by atoms with Crippen LogP contribution in [0.25, 0.3) is 5.57 Å². The third-order valence-corrected chi connectivity index (χ3v) is 7.38. The number of hydrogen-bond donors (Lipinski definition) is 0. The number of nitrogens with zero attached hydrogens (tertiary/aromatic N) is 3. The molecule has 196 valence electrons. The first kappa shape index (κ1) is 27.1. The van der Waals surface area contributed by atoms with Crippen molar-refractivity contribution in [1.29, 1.82) is 0 Å². The Labute approximate surface area is 225 Å². The molecule has 7 heteroatoms. The van der Waals surface area contributed by atoms with Gasteiger partial charge in [0.25, 0.3) is 0 Å². The third kappa shape index (κ3) is 6.30. The quantitative estimate of drug-likeness (QED) is 0.322. The number of benzene rings is 3. The van der Waals surface area contributed by atoms with E-state index in [1.54, 1.807) is 6.07 Å². The Balaban J connectivity index is 1.67. The average Bonchev–Trinajstić information content (AvgIpc) is 2.89. The second-order valence-corrected chi connectivity index (χ2v) is 11.1. The molecule has 3 aromatic carbocycles. The maximum absolute atomic E-state index is 11.4. The van der Waals surface area contributed by atoms with Gasteiger partial charge in [-0.05, 0) is 76.4 Å². The van der Waals surface area contributed by atoms with Crippen molar-refractivity contribution in [2.75, 3.05) is 45.0 Å². The van der Waals surface area contributed by atoms with E-state index in [9.17, 15) is 13.0 Å². The Morgan fingerprint density at radius 1 is 0.789 bits per heavy atom. The van der Waals surface area contributed by atoms with Gasteiger partial charge in [0.15, 0.2) is 5.71 Å². The van der Waals surface area contributed by atoms with Gasteiger partial charge < -0.3 is 14.4 Å². The molecule has 0 saturated heterocycles. The highest BCUT2D eigenvalue weighted by molar-refractivity contribution is 7.85. The summed E-state index contributed by atoms with van der Waals surface area (Å²) in [6.45, 7) is 0.470. The second-order valence-electron chi connectivity index (χ2n) is 9.76. The van der Waals surface area contributed by atoms with Gasteiger partial charge >= 0.3 is 0 Å². The lowest BCUT2D eigenvalue weighted by Crippen LogP contribution is -2.16. The average molecular weight is 528 g/mol. The highest BCUT2D eigenvalue weighted by Crippen LogP contribution is 2.32. The summed E-state index contributed by atoms with van der Waals surface area (Å²) >= 11 is 0.